The average molecular weight is 337 g/mol. The van der Waals surface area contributed by atoms with Crippen molar-refractivity contribution in [2.75, 3.05) is 0 Å². The number of aliphatic hydroxyl groups excluding tert-OH is 1. The van der Waals surface area contributed by atoms with Crippen LogP contribution in [0.4, 0.5) is 0 Å². The predicted molar refractivity (Wildman–Crippen MR) is 95.3 cm³/mol. The van der Waals surface area contributed by atoms with E-state index in [9.17, 15) is 5.11 Å². The summed E-state index contributed by atoms with van der Waals surface area (Å²) < 4.78 is 0. The Kier molecular flexibility index (Phi) is 5.87. The lowest BCUT2D eigenvalue weighted by Crippen LogP contribution is -2.24. The third-order valence-electron chi connectivity index (χ3n) is 3.98. The SMILES string of the molecule is CCc1cccc(CN(Cc2cccc(CO)n2)Cc2ccn[nH]2)n1. The van der Waals surface area contributed by atoms with Gasteiger partial charge >= 0.3 is 0 Å². The molecule has 0 fully saturated rings. The number of nitrogens with one attached hydrogen (secondary N) is 1. The van der Waals surface area contributed by atoms with Crippen LogP contribution in [-0.4, -0.2) is 30.2 Å². The molecule has 0 saturated carbocycles. The van der Waals surface area contributed by atoms with Gasteiger partial charge in [0.2, 0.25) is 0 Å². The third-order valence-corrected chi connectivity index (χ3v) is 3.98. The zero-order valence-electron chi connectivity index (χ0n) is 14.4. The molecule has 0 bridgehead atoms. The minimum absolute atomic E-state index is 0.0471. The van der Waals surface area contributed by atoms with Crippen LogP contribution < -0.4 is 0 Å². The van der Waals surface area contributed by atoms with E-state index in [1.807, 2.05) is 24.3 Å². The van der Waals surface area contributed by atoms with E-state index in [1.165, 1.54) is 0 Å². The van der Waals surface area contributed by atoms with Crippen molar-refractivity contribution in [3.05, 3.63) is 77.1 Å². The van der Waals surface area contributed by atoms with E-state index in [-0.39, 0.29) is 6.61 Å². The van der Waals surface area contributed by atoms with Crippen molar-refractivity contribution < 1.29 is 5.11 Å². The first-order valence-corrected chi connectivity index (χ1v) is 8.48. The maximum absolute atomic E-state index is 9.30. The summed E-state index contributed by atoms with van der Waals surface area (Å²) >= 11 is 0. The lowest BCUT2D eigenvalue weighted by Gasteiger charge is -2.21. The molecule has 0 atom stereocenters. The zero-order valence-corrected chi connectivity index (χ0v) is 14.4. The monoisotopic (exact) mass is 337 g/mol. The highest BCUT2D eigenvalue weighted by Crippen LogP contribution is 2.12. The number of aromatic nitrogens is 4. The lowest BCUT2D eigenvalue weighted by molar-refractivity contribution is 0.236. The van der Waals surface area contributed by atoms with E-state index in [2.05, 4.69) is 45.2 Å². The van der Waals surface area contributed by atoms with Crippen molar-refractivity contribution in [2.45, 2.75) is 39.6 Å². The highest BCUT2D eigenvalue weighted by atomic mass is 16.3. The topological polar surface area (TPSA) is 77.9 Å². The largest absolute Gasteiger partial charge is 0.390 e. The van der Waals surface area contributed by atoms with Crippen LogP contribution in [0.2, 0.25) is 0 Å². The highest BCUT2D eigenvalue weighted by Gasteiger charge is 2.11. The second kappa shape index (κ2) is 8.50. The molecule has 0 aliphatic carbocycles. The molecule has 6 heteroatoms. The van der Waals surface area contributed by atoms with Gasteiger partial charge in [-0.25, -0.2) is 0 Å². The van der Waals surface area contributed by atoms with Gasteiger partial charge in [0.1, 0.15) is 0 Å². The summed E-state index contributed by atoms with van der Waals surface area (Å²) in [5, 5.41) is 16.3. The molecule has 0 spiro atoms. The molecule has 130 valence electrons. The fourth-order valence-electron chi connectivity index (χ4n) is 2.76. The Labute approximate surface area is 147 Å². The summed E-state index contributed by atoms with van der Waals surface area (Å²) in [5.74, 6) is 0. The fourth-order valence-corrected chi connectivity index (χ4v) is 2.76. The van der Waals surface area contributed by atoms with Crippen LogP contribution in [-0.2, 0) is 32.7 Å². The van der Waals surface area contributed by atoms with Crippen molar-refractivity contribution >= 4 is 0 Å². The molecule has 0 saturated heterocycles. The Balaban J connectivity index is 1.78. The van der Waals surface area contributed by atoms with Gasteiger partial charge in [0, 0.05) is 37.2 Å². The molecular weight excluding hydrogens is 314 g/mol. The van der Waals surface area contributed by atoms with Gasteiger partial charge in [-0.2, -0.15) is 5.10 Å². The zero-order chi connectivity index (χ0) is 17.5. The quantitative estimate of drug-likeness (QED) is 0.660. The van der Waals surface area contributed by atoms with Crippen LogP contribution in [0.25, 0.3) is 0 Å². The van der Waals surface area contributed by atoms with Crippen molar-refractivity contribution in [3.63, 3.8) is 0 Å². The van der Waals surface area contributed by atoms with E-state index in [0.717, 1.165) is 42.3 Å². The maximum atomic E-state index is 9.30. The average Bonchev–Trinajstić information content (AvgIpc) is 3.15. The van der Waals surface area contributed by atoms with E-state index >= 15 is 0 Å². The molecular formula is C19H23N5O. The molecule has 3 rings (SSSR count). The molecule has 6 nitrogen and oxygen atoms in total. The van der Waals surface area contributed by atoms with Gasteiger partial charge in [0.25, 0.3) is 0 Å². The number of hydrogen-bond acceptors (Lipinski definition) is 5. The number of H-pyrrole nitrogens is 1. The maximum Gasteiger partial charge on any atom is 0.0853 e. The molecule has 25 heavy (non-hydrogen) atoms. The molecule has 0 aromatic carbocycles. The van der Waals surface area contributed by atoms with Crippen molar-refractivity contribution in [1.82, 2.24) is 25.1 Å². The van der Waals surface area contributed by atoms with Gasteiger partial charge in [-0.3, -0.25) is 20.0 Å². The first-order chi connectivity index (χ1) is 12.3. The van der Waals surface area contributed by atoms with E-state index in [1.54, 1.807) is 6.20 Å². The number of pyridine rings is 2. The second-order valence-corrected chi connectivity index (χ2v) is 5.98. The third kappa shape index (κ3) is 4.95. The number of aromatic amines is 1. The molecule has 0 amide bonds. The van der Waals surface area contributed by atoms with Gasteiger partial charge in [-0.1, -0.05) is 19.1 Å². The van der Waals surface area contributed by atoms with Crippen molar-refractivity contribution in [3.8, 4) is 0 Å². The number of nitrogens with zero attached hydrogens (tertiary/aromatic N) is 4. The van der Waals surface area contributed by atoms with E-state index in [0.29, 0.717) is 12.2 Å². The van der Waals surface area contributed by atoms with Crippen LogP contribution in [0.5, 0.6) is 0 Å². The van der Waals surface area contributed by atoms with E-state index < -0.39 is 0 Å². The summed E-state index contributed by atoms with van der Waals surface area (Å²) in [6, 6.07) is 13.9. The molecule has 0 aliphatic heterocycles. The van der Waals surface area contributed by atoms with Gasteiger partial charge in [-0.15, -0.1) is 0 Å². The summed E-state index contributed by atoms with van der Waals surface area (Å²) in [6.07, 6.45) is 2.68. The number of aliphatic hydroxyl groups is 1. The van der Waals surface area contributed by atoms with Crippen LogP contribution in [0.15, 0.2) is 48.7 Å². The molecule has 3 heterocycles. The van der Waals surface area contributed by atoms with Gasteiger partial charge in [0.05, 0.1) is 23.7 Å². The first kappa shape index (κ1) is 17.3. The smallest absolute Gasteiger partial charge is 0.0853 e. The van der Waals surface area contributed by atoms with Crippen molar-refractivity contribution in [1.29, 1.82) is 0 Å². The minimum Gasteiger partial charge on any atom is -0.390 e. The number of hydrogen-bond donors (Lipinski definition) is 2. The van der Waals surface area contributed by atoms with Crippen molar-refractivity contribution in [2.24, 2.45) is 0 Å². The lowest BCUT2D eigenvalue weighted by atomic mass is 10.2. The molecule has 3 aromatic heterocycles. The van der Waals surface area contributed by atoms with Crippen LogP contribution in [0.1, 0.15) is 35.4 Å². The number of aryl methyl sites for hydroxylation is 1. The normalized spacial score (nSPS) is 11.2. The highest BCUT2D eigenvalue weighted by molar-refractivity contribution is 5.13. The molecule has 3 aromatic rings. The Hall–Kier alpha value is -2.57. The molecule has 0 radical (unpaired) electrons. The van der Waals surface area contributed by atoms with Crippen LogP contribution >= 0.6 is 0 Å². The Morgan fingerprint density at radius 2 is 1.52 bits per heavy atom. The predicted octanol–water partition coefficient (Wildman–Crippen LogP) is 2.46. The van der Waals surface area contributed by atoms with Crippen LogP contribution in [0.3, 0.4) is 0 Å². The standard InChI is InChI=1S/C19H23N5O/c1-2-15-5-3-6-16(21-15)11-24(13-18-9-10-20-23-18)12-17-7-4-8-19(14-25)22-17/h3-10,25H,2,11-14H2,1H3,(H,20,23). The molecule has 0 aliphatic rings. The summed E-state index contributed by atoms with van der Waals surface area (Å²) in [4.78, 5) is 11.5. The molecule has 0 unspecified atom stereocenters. The minimum atomic E-state index is -0.0471. The van der Waals surface area contributed by atoms with Gasteiger partial charge in [0.15, 0.2) is 0 Å². The Bertz CT molecular complexity index is 739. The summed E-state index contributed by atoms with van der Waals surface area (Å²) in [7, 11) is 0. The Morgan fingerprint density at radius 1 is 0.880 bits per heavy atom. The second-order valence-electron chi connectivity index (χ2n) is 5.98. The number of rotatable bonds is 8. The van der Waals surface area contributed by atoms with E-state index in [4.69, 9.17) is 4.98 Å². The summed E-state index contributed by atoms with van der Waals surface area (Å²) in [6.45, 7) is 4.18. The fraction of sp³-hybridized carbons (Fsp3) is 0.316. The van der Waals surface area contributed by atoms with Gasteiger partial charge in [-0.05, 0) is 36.8 Å². The Morgan fingerprint density at radius 3 is 2.12 bits per heavy atom. The molecule has 2 N–H and O–H groups in total. The van der Waals surface area contributed by atoms with Gasteiger partial charge < -0.3 is 5.11 Å². The van der Waals surface area contributed by atoms with Crippen LogP contribution in [0, 0.1) is 0 Å². The summed E-state index contributed by atoms with van der Waals surface area (Å²) in [5.41, 5.74) is 4.80. The first-order valence-electron chi connectivity index (χ1n) is 8.48.